The van der Waals surface area contributed by atoms with Gasteiger partial charge in [-0.1, -0.05) is 57.9 Å². The summed E-state index contributed by atoms with van der Waals surface area (Å²) in [6.45, 7) is 15.4. The monoisotopic (exact) mass is 468 g/mol. The van der Waals surface area contributed by atoms with Crippen LogP contribution >= 0.6 is 0 Å². The van der Waals surface area contributed by atoms with Gasteiger partial charge >= 0.3 is 5.97 Å². The van der Waals surface area contributed by atoms with Gasteiger partial charge in [-0.05, 0) is 74.5 Å². The van der Waals surface area contributed by atoms with Crippen LogP contribution in [0, 0.1) is 45.3 Å². The van der Waals surface area contributed by atoms with Crippen molar-refractivity contribution in [1.29, 1.82) is 0 Å². The van der Waals surface area contributed by atoms with Crippen LogP contribution in [0.1, 0.15) is 93.4 Å². The Bertz CT molecular complexity index is 970. The van der Waals surface area contributed by atoms with E-state index in [2.05, 4.69) is 46.8 Å². The second-order valence-corrected chi connectivity index (χ2v) is 13.8. The lowest BCUT2D eigenvalue weighted by Crippen LogP contribution is -2.61. The molecular weight excluding hydrogens is 424 g/mol. The Labute approximate surface area is 205 Å². The van der Waals surface area contributed by atoms with Crippen molar-refractivity contribution in [3.63, 3.8) is 0 Å². The summed E-state index contributed by atoms with van der Waals surface area (Å²) in [4.78, 5) is 25.8. The summed E-state index contributed by atoms with van der Waals surface area (Å²) in [5.74, 6) is 0.833. The molecule has 0 aromatic carbocycles. The number of aliphatic hydroxyl groups is 1. The van der Waals surface area contributed by atoms with Crippen LogP contribution in [0.5, 0.6) is 0 Å². The molecule has 1 saturated heterocycles. The normalized spacial score (nSPS) is 48.8. The van der Waals surface area contributed by atoms with Crippen LogP contribution in [-0.2, 0) is 14.3 Å². The maximum Gasteiger partial charge on any atom is 0.309 e. The predicted molar refractivity (Wildman–Crippen MR) is 133 cm³/mol. The number of hydrogen-bond acceptors (Lipinski definition) is 4. The summed E-state index contributed by atoms with van der Waals surface area (Å²) in [7, 11) is 0. The van der Waals surface area contributed by atoms with Crippen LogP contribution in [-0.4, -0.2) is 29.1 Å². The van der Waals surface area contributed by atoms with Crippen LogP contribution in [0.3, 0.4) is 0 Å². The fraction of sp³-hybridized carbons (Fsp3) is 0.800. The molecule has 188 valence electrons. The number of hydrogen-bond donors (Lipinski definition) is 1. The van der Waals surface area contributed by atoms with Gasteiger partial charge in [-0.25, -0.2) is 0 Å². The lowest BCUT2D eigenvalue weighted by Gasteiger charge is -2.63. The van der Waals surface area contributed by atoms with E-state index in [1.807, 2.05) is 13.8 Å². The molecule has 0 aromatic heterocycles. The molecule has 0 bridgehead atoms. The molecule has 1 aliphatic heterocycles. The molecule has 34 heavy (non-hydrogen) atoms. The number of esters is 1. The molecule has 2 unspecified atom stereocenters. The minimum atomic E-state index is -0.605. The molecule has 5 aliphatic rings. The molecule has 0 amide bonds. The number of carbonyl (C=O) groups is 2. The number of allylic oxidation sites excluding steroid dienone is 3. The fourth-order valence-corrected chi connectivity index (χ4v) is 9.80. The highest BCUT2D eigenvalue weighted by atomic mass is 16.6. The van der Waals surface area contributed by atoms with Crippen LogP contribution in [0.2, 0.25) is 0 Å². The number of Topliss-reactive ketones (excluding diaryl/α,β-unsaturated/α-hetero) is 1. The lowest BCUT2D eigenvalue weighted by molar-refractivity contribution is -0.157. The smallest absolute Gasteiger partial charge is 0.309 e. The van der Waals surface area contributed by atoms with E-state index in [4.69, 9.17) is 4.74 Å². The van der Waals surface area contributed by atoms with E-state index in [0.717, 1.165) is 38.5 Å². The Hall–Kier alpha value is -1.42. The van der Waals surface area contributed by atoms with Gasteiger partial charge in [0, 0.05) is 23.7 Å². The summed E-state index contributed by atoms with van der Waals surface area (Å²) in [5, 5.41) is 11.5. The van der Waals surface area contributed by atoms with Crippen molar-refractivity contribution in [3.8, 4) is 0 Å². The van der Waals surface area contributed by atoms with Gasteiger partial charge in [-0.3, -0.25) is 9.59 Å². The summed E-state index contributed by atoms with van der Waals surface area (Å²) < 4.78 is 6.07. The summed E-state index contributed by atoms with van der Waals surface area (Å²) in [6.07, 6.45) is 10.0. The number of rotatable bonds is 3. The van der Waals surface area contributed by atoms with Crippen molar-refractivity contribution in [2.24, 2.45) is 45.3 Å². The zero-order valence-electron chi connectivity index (χ0n) is 22.2. The number of carbonyl (C=O) groups excluding carboxylic acids is 2. The molecule has 4 aliphatic carbocycles. The minimum Gasteiger partial charge on any atom is -0.462 e. The van der Waals surface area contributed by atoms with E-state index in [0.29, 0.717) is 18.1 Å². The van der Waals surface area contributed by atoms with E-state index >= 15 is 0 Å². The zero-order valence-corrected chi connectivity index (χ0v) is 22.2. The average Bonchev–Trinajstić information content (AvgIpc) is 3.15. The van der Waals surface area contributed by atoms with Gasteiger partial charge in [0.15, 0.2) is 0 Å². The van der Waals surface area contributed by atoms with Crippen molar-refractivity contribution < 1.29 is 19.4 Å². The standard InChI is InChI=1S/C30H44O4/c1-17(2)9-8-10-18-24-22(34-26(18)33)16-30(7)20-15-21(31)25-27(3,4)23(32)12-13-28(25,5)19(20)11-14-29(24,30)6/h9,15,18-19,21-22,24-25,31H,8,10-14,16H2,1-7H3/t18-,19?,21?,22+,24-,25+,28-,29+,30+/m1/s1. The van der Waals surface area contributed by atoms with Crippen LogP contribution in [0.4, 0.5) is 0 Å². The highest BCUT2D eigenvalue weighted by Gasteiger charge is 2.71. The first-order valence-corrected chi connectivity index (χ1v) is 13.5. The summed E-state index contributed by atoms with van der Waals surface area (Å²) in [5.41, 5.74) is 1.98. The van der Waals surface area contributed by atoms with Crippen molar-refractivity contribution in [2.45, 2.75) is 106 Å². The molecule has 0 spiro atoms. The molecule has 5 rings (SSSR count). The molecule has 4 nitrogen and oxygen atoms in total. The maximum absolute atomic E-state index is 12.9. The Morgan fingerprint density at radius 1 is 1.15 bits per heavy atom. The Morgan fingerprint density at radius 2 is 1.85 bits per heavy atom. The van der Waals surface area contributed by atoms with Crippen molar-refractivity contribution in [2.75, 3.05) is 0 Å². The summed E-state index contributed by atoms with van der Waals surface area (Å²) in [6, 6.07) is 0. The number of fused-ring (bicyclic) bond motifs is 7. The van der Waals surface area contributed by atoms with Gasteiger partial charge in [0.25, 0.3) is 0 Å². The van der Waals surface area contributed by atoms with Gasteiger partial charge in [0.1, 0.15) is 11.9 Å². The average molecular weight is 469 g/mol. The summed E-state index contributed by atoms with van der Waals surface area (Å²) >= 11 is 0. The van der Waals surface area contributed by atoms with Crippen LogP contribution in [0.15, 0.2) is 23.3 Å². The van der Waals surface area contributed by atoms with Gasteiger partial charge in [0.2, 0.25) is 0 Å². The third-order valence-electron chi connectivity index (χ3n) is 11.6. The molecule has 4 fully saturated rings. The molecule has 1 N–H and O–H groups in total. The van der Waals surface area contributed by atoms with Crippen molar-refractivity contribution >= 4 is 11.8 Å². The van der Waals surface area contributed by atoms with E-state index in [1.165, 1.54) is 11.1 Å². The first-order valence-electron chi connectivity index (χ1n) is 13.5. The zero-order chi connectivity index (χ0) is 24.8. The molecule has 0 aromatic rings. The predicted octanol–water partition coefficient (Wildman–Crippen LogP) is 6.03. The lowest BCUT2D eigenvalue weighted by atomic mass is 9.40. The topological polar surface area (TPSA) is 63.6 Å². The van der Waals surface area contributed by atoms with E-state index in [-0.39, 0.29) is 46.1 Å². The van der Waals surface area contributed by atoms with Crippen molar-refractivity contribution in [1.82, 2.24) is 0 Å². The number of ether oxygens (including phenoxy) is 1. The second-order valence-electron chi connectivity index (χ2n) is 13.8. The van der Waals surface area contributed by atoms with Crippen molar-refractivity contribution in [3.05, 3.63) is 23.3 Å². The largest absolute Gasteiger partial charge is 0.462 e. The van der Waals surface area contributed by atoms with Gasteiger partial charge in [-0.15, -0.1) is 0 Å². The SMILES string of the molecule is CC(C)=CCC[C@H]1C(=O)O[C@H]2C[C@@]3(C)C4=CC(O)[C@H]5C(C)(C)C(=O)CC[C@]5(C)C4CC[C@@]3(C)[C@@H]21. The third kappa shape index (κ3) is 2.99. The molecule has 3 saturated carbocycles. The van der Waals surface area contributed by atoms with E-state index in [9.17, 15) is 14.7 Å². The Morgan fingerprint density at radius 3 is 2.53 bits per heavy atom. The number of aliphatic hydroxyl groups excluding tert-OH is 1. The third-order valence-corrected chi connectivity index (χ3v) is 11.6. The van der Waals surface area contributed by atoms with E-state index in [1.54, 1.807) is 0 Å². The minimum absolute atomic E-state index is 0.000202. The number of ketones is 1. The van der Waals surface area contributed by atoms with Gasteiger partial charge < -0.3 is 9.84 Å². The molecule has 1 heterocycles. The highest BCUT2D eigenvalue weighted by molar-refractivity contribution is 5.85. The van der Waals surface area contributed by atoms with Crippen LogP contribution < -0.4 is 0 Å². The highest BCUT2D eigenvalue weighted by Crippen LogP contribution is 2.74. The molecular formula is C30H44O4. The second kappa shape index (κ2) is 7.54. The molecule has 9 atom stereocenters. The maximum atomic E-state index is 12.9. The Balaban J connectivity index is 1.53. The molecule has 4 heteroatoms. The van der Waals surface area contributed by atoms with E-state index < -0.39 is 11.5 Å². The fourth-order valence-electron chi connectivity index (χ4n) is 9.80. The van der Waals surface area contributed by atoms with Gasteiger partial charge in [-0.2, -0.15) is 0 Å². The first-order chi connectivity index (χ1) is 15.8. The van der Waals surface area contributed by atoms with Gasteiger partial charge in [0.05, 0.1) is 12.0 Å². The quantitative estimate of drug-likeness (QED) is 0.406. The first kappa shape index (κ1) is 24.3. The van der Waals surface area contributed by atoms with Crippen LogP contribution in [0.25, 0.3) is 0 Å². The molecule has 0 radical (unpaired) electrons. The Kier molecular flexibility index (Phi) is 5.39.